The van der Waals surface area contributed by atoms with Gasteiger partial charge in [-0.2, -0.15) is 4.98 Å². The highest BCUT2D eigenvalue weighted by Crippen LogP contribution is 2.32. The minimum Gasteiger partial charge on any atom is -0.495 e. The zero-order valence-electron chi connectivity index (χ0n) is 15.7. The Morgan fingerprint density at radius 1 is 1.15 bits per heavy atom. The van der Waals surface area contributed by atoms with Crippen molar-refractivity contribution >= 4 is 29.1 Å². The van der Waals surface area contributed by atoms with Crippen LogP contribution < -0.4 is 15.0 Å². The Bertz CT molecular complexity index is 902. The van der Waals surface area contributed by atoms with Crippen LogP contribution >= 0.6 is 11.6 Å². The van der Waals surface area contributed by atoms with Crippen LogP contribution in [0, 0.1) is 6.92 Å². The monoisotopic (exact) mass is 382 g/mol. The first-order valence-corrected chi connectivity index (χ1v) is 9.21. The zero-order valence-corrected chi connectivity index (χ0v) is 16.5. The van der Waals surface area contributed by atoms with Crippen LogP contribution in [-0.4, -0.2) is 23.6 Å². The highest BCUT2D eigenvalue weighted by molar-refractivity contribution is 6.31. The van der Waals surface area contributed by atoms with Crippen molar-refractivity contribution in [3.05, 3.63) is 70.9 Å². The van der Waals surface area contributed by atoms with Gasteiger partial charge >= 0.3 is 0 Å². The van der Waals surface area contributed by atoms with Gasteiger partial charge < -0.3 is 15.0 Å². The van der Waals surface area contributed by atoms with E-state index in [4.69, 9.17) is 16.3 Å². The molecule has 1 N–H and O–H groups in total. The van der Waals surface area contributed by atoms with Crippen LogP contribution in [0.4, 0.5) is 17.5 Å². The second-order valence-corrected chi connectivity index (χ2v) is 6.58. The normalized spacial score (nSPS) is 10.5. The van der Waals surface area contributed by atoms with Gasteiger partial charge in [0.25, 0.3) is 0 Å². The Balaban J connectivity index is 1.84. The first-order chi connectivity index (χ1) is 13.1. The van der Waals surface area contributed by atoms with E-state index >= 15 is 0 Å². The van der Waals surface area contributed by atoms with E-state index in [9.17, 15) is 0 Å². The van der Waals surface area contributed by atoms with E-state index in [0.29, 0.717) is 22.5 Å². The maximum absolute atomic E-state index is 6.19. The van der Waals surface area contributed by atoms with Crippen molar-refractivity contribution in [2.75, 3.05) is 23.9 Å². The van der Waals surface area contributed by atoms with Crippen molar-refractivity contribution in [1.82, 2.24) is 9.97 Å². The Hall–Kier alpha value is -2.79. The lowest BCUT2D eigenvalue weighted by Gasteiger charge is -2.21. The maximum atomic E-state index is 6.19. The molecule has 5 nitrogen and oxygen atoms in total. The summed E-state index contributed by atoms with van der Waals surface area (Å²) in [6.07, 6.45) is 1.76. The average molecular weight is 383 g/mol. The van der Waals surface area contributed by atoms with Gasteiger partial charge in [0.2, 0.25) is 5.95 Å². The summed E-state index contributed by atoms with van der Waals surface area (Å²) in [5.41, 5.74) is 3.00. The van der Waals surface area contributed by atoms with Crippen molar-refractivity contribution in [2.24, 2.45) is 0 Å². The molecular formula is C21H23ClN4O. The van der Waals surface area contributed by atoms with E-state index in [2.05, 4.69) is 39.2 Å². The van der Waals surface area contributed by atoms with Gasteiger partial charge in [0, 0.05) is 30.4 Å². The number of aryl methyl sites for hydroxylation is 1. The highest BCUT2D eigenvalue weighted by Gasteiger charge is 2.11. The second-order valence-electron chi connectivity index (χ2n) is 6.17. The fourth-order valence-electron chi connectivity index (χ4n) is 2.77. The van der Waals surface area contributed by atoms with Crippen molar-refractivity contribution in [3.63, 3.8) is 0 Å². The van der Waals surface area contributed by atoms with Gasteiger partial charge in [0.1, 0.15) is 11.6 Å². The van der Waals surface area contributed by atoms with Crippen molar-refractivity contribution in [3.8, 4) is 5.75 Å². The summed E-state index contributed by atoms with van der Waals surface area (Å²) in [5, 5.41) is 3.98. The van der Waals surface area contributed by atoms with Crippen molar-refractivity contribution < 1.29 is 4.74 Å². The first kappa shape index (κ1) is 19.0. The molecule has 2 aromatic carbocycles. The van der Waals surface area contributed by atoms with Crippen LogP contribution in [0.3, 0.4) is 0 Å². The van der Waals surface area contributed by atoms with Gasteiger partial charge in [0.15, 0.2) is 0 Å². The molecule has 0 saturated carbocycles. The molecule has 0 aliphatic heterocycles. The molecule has 0 unspecified atom stereocenters. The Labute approximate surface area is 165 Å². The van der Waals surface area contributed by atoms with Gasteiger partial charge in [-0.1, -0.05) is 41.9 Å². The van der Waals surface area contributed by atoms with Crippen molar-refractivity contribution in [2.45, 2.75) is 20.4 Å². The molecule has 0 saturated heterocycles. The quantitative estimate of drug-likeness (QED) is 0.607. The fourth-order valence-corrected chi connectivity index (χ4v) is 2.92. The lowest BCUT2D eigenvalue weighted by molar-refractivity contribution is 0.416. The molecule has 0 spiro atoms. The molecule has 6 heteroatoms. The smallest absolute Gasteiger partial charge is 0.227 e. The predicted molar refractivity (Wildman–Crippen MR) is 111 cm³/mol. The topological polar surface area (TPSA) is 50.3 Å². The number of halogens is 1. The SMILES string of the molecule is CCN(Cc1ccccc1)c1nccc(Nc2cc(C)c(Cl)cc2OC)n1. The molecule has 0 radical (unpaired) electrons. The molecule has 3 aromatic rings. The molecule has 0 bridgehead atoms. The lowest BCUT2D eigenvalue weighted by Crippen LogP contribution is -2.24. The van der Waals surface area contributed by atoms with E-state index in [1.807, 2.05) is 37.3 Å². The van der Waals surface area contributed by atoms with Crippen LogP contribution in [0.2, 0.25) is 5.02 Å². The largest absolute Gasteiger partial charge is 0.495 e. The minimum absolute atomic E-state index is 0.667. The molecule has 0 fully saturated rings. The van der Waals surface area contributed by atoms with Gasteiger partial charge in [-0.25, -0.2) is 4.98 Å². The average Bonchev–Trinajstić information content (AvgIpc) is 2.69. The Morgan fingerprint density at radius 3 is 2.63 bits per heavy atom. The van der Waals surface area contributed by atoms with Crippen LogP contribution in [0.5, 0.6) is 5.75 Å². The van der Waals surface area contributed by atoms with E-state index in [-0.39, 0.29) is 0 Å². The van der Waals surface area contributed by atoms with Gasteiger partial charge in [0.05, 0.1) is 12.8 Å². The lowest BCUT2D eigenvalue weighted by atomic mass is 10.2. The van der Waals surface area contributed by atoms with Crippen LogP contribution in [0.15, 0.2) is 54.7 Å². The van der Waals surface area contributed by atoms with E-state index < -0.39 is 0 Å². The van der Waals surface area contributed by atoms with Gasteiger partial charge in [-0.15, -0.1) is 0 Å². The molecule has 1 aromatic heterocycles. The number of nitrogens with one attached hydrogen (secondary N) is 1. The Kier molecular flexibility index (Phi) is 6.14. The summed E-state index contributed by atoms with van der Waals surface area (Å²) < 4.78 is 5.43. The van der Waals surface area contributed by atoms with Gasteiger partial charge in [-0.05, 0) is 37.1 Å². The molecular weight excluding hydrogens is 360 g/mol. The van der Waals surface area contributed by atoms with Crippen LogP contribution in [-0.2, 0) is 6.54 Å². The summed E-state index contributed by atoms with van der Waals surface area (Å²) in [7, 11) is 1.62. The van der Waals surface area contributed by atoms with E-state index in [1.165, 1.54) is 5.56 Å². The second kappa shape index (κ2) is 8.73. The molecule has 0 amide bonds. The summed E-state index contributed by atoms with van der Waals surface area (Å²) in [6, 6.07) is 15.9. The summed E-state index contributed by atoms with van der Waals surface area (Å²) >= 11 is 6.19. The number of methoxy groups -OCH3 is 1. The molecule has 0 aliphatic carbocycles. The number of ether oxygens (including phenoxy) is 1. The maximum Gasteiger partial charge on any atom is 0.227 e. The van der Waals surface area contributed by atoms with Crippen molar-refractivity contribution in [1.29, 1.82) is 0 Å². The Morgan fingerprint density at radius 2 is 1.93 bits per heavy atom. The number of hydrogen-bond donors (Lipinski definition) is 1. The predicted octanol–water partition coefficient (Wildman–Crippen LogP) is 5.22. The number of anilines is 3. The number of hydrogen-bond acceptors (Lipinski definition) is 5. The zero-order chi connectivity index (χ0) is 19.2. The summed E-state index contributed by atoms with van der Waals surface area (Å²) in [4.78, 5) is 11.3. The van der Waals surface area contributed by atoms with Crippen LogP contribution in [0.25, 0.3) is 0 Å². The number of rotatable bonds is 7. The molecule has 0 atom stereocenters. The molecule has 0 aliphatic rings. The molecule has 27 heavy (non-hydrogen) atoms. The standard InChI is InChI=1S/C21H23ClN4O/c1-4-26(14-16-8-6-5-7-9-16)21-23-11-10-20(25-21)24-18-12-15(2)17(22)13-19(18)27-3/h5-13H,4,14H2,1-3H3,(H,23,24,25). The summed E-state index contributed by atoms with van der Waals surface area (Å²) in [5.74, 6) is 2.05. The third-order valence-corrected chi connectivity index (χ3v) is 4.67. The van der Waals surface area contributed by atoms with E-state index in [1.54, 1.807) is 19.4 Å². The first-order valence-electron chi connectivity index (χ1n) is 8.83. The van der Waals surface area contributed by atoms with Crippen LogP contribution in [0.1, 0.15) is 18.1 Å². The summed E-state index contributed by atoms with van der Waals surface area (Å²) in [6.45, 7) is 5.61. The number of benzene rings is 2. The minimum atomic E-state index is 0.667. The fraction of sp³-hybridized carbons (Fsp3) is 0.238. The molecule has 140 valence electrons. The number of nitrogens with zero attached hydrogens (tertiary/aromatic N) is 3. The number of aromatic nitrogens is 2. The van der Waals surface area contributed by atoms with Gasteiger partial charge in [-0.3, -0.25) is 0 Å². The highest BCUT2D eigenvalue weighted by atomic mass is 35.5. The third kappa shape index (κ3) is 4.68. The van der Waals surface area contributed by atoms with E-state index in [0.717, 1.165) is 24.3 Å². The molecule has 3 rings (SSSR count). The molecule has 1 heterocycles. The third-order valence-electron chi connectivity index (χ3n) is 4.27.